The first-order valence-electron chi connectivity index (χ1n) is 6.94. The third kappa shape index (κ3) is 4.46. The van der Waals surface area contributed by atoms with Crippen molar-refractivity contribution < 1.29 is 9.53 Å². The molecule has 0 saturated carbocycles. The normalized spacial score (nSPS) is 10.1. The number of hydrogen-bond acceptors (Lipinski definition) is 2. The van der Waals surface area contributed by atoms with Gasteiger partial charge in [0.1, 0.15) is 12.4 Å². The standard InChI is InChI=1S/C18H18BrNO2/c1-3-12-22-17-10-6-15(7-11-17)18(21)20(2)13-14-4-8-16(19)9-5-14/h3-11H,1,12-13H2,2H3. The highest BCUT2D eigenvalue weighted by atomic mass is 79.9. The maximum atomic E-state index is 12.4. The zero-order valence-electron chi connectivity index (χ0n) is 12.5. The second-order valence-corrected chi connectivity index (χ2v) is 5.83. The molecule has 0 N–H and O–H groups in total. The minimum Gasteiger partial charge on any atom is -0.490 e. The number of ether oxygens (including phenoxy) is 1. The Morgan fingerprint density at radius 1 is 1.18 bits per heavy atom. The van der Waals surface area contributed by atoms with E-state index in [4.69, 9.17) is 4.74 Å². The molecular weight excluding hydrogens is 342 g/mol. The zero-order chi connectivity index (χ0) is 15.9. The Bertz CT molecular complexity index is 635. The predicted molar refractivity (Wildman–Crippen MR) is 92.1 cm³/mol. The fourth-order valence-corrected chi connectivity index (χ4v) is 2.27. The molecule has 4 heteroatoms. The lowest BCUT2D eigenvalue weighted by Crippen LogP contribution is -2.26. The Hall–Kier alpha value is -2.07. The van der Waals surface area contributed by atoms with Crippen LogP contribution in [0.4, 0.5) is 0 Å². The van der Waals surface area contributed by atoms with Crippen molar-refractivity contribution in [2.24, 2.45) is 0 Å². The van der Waals surface area contributed by atoms with Gasteiger partial charge in [0.15, 0.2) is 0 Å². The van der Waals surface area contributed by atoms with Gasteiger partial charge in [-0.3, -0.25) is 4.79 Å². The van der Waals surface area contributed by atoms with Crippen LogP contribution < -0.4 is 4.74 Å². The van der Waals surface area contributed by atoms with E-state index in [2.05, 4.69) is 22.5 Å². The van der Waals surface area contributed by atoms with E-state index in [1.807, 2.05) is 24.3 Å². The van der Waals surface area contributed by atoms with E-state index >= 15 is 0 Å². The van der Waals surface area contributed by atoms with E-state index in [-0.39, 0.29) is 5.91 Å². The van der Waals surface area contributed by atoms with Gasteiger partial charge in [-0.2, -0.15) is 0 Å². The van der Waals surface area contributed by atoms with Crippen LogP contribution in [0.5, 0.6) is 5.75 Å². The van der Waals surface area contributed by atoms with Gasteiger partial charge in [0.05, 0.1) is 0 Å². The number of nitrogens with zero attached hydrogens (tertiary/aromatic N) is 1. The van der Waals surface area contributed by atoms with Gasteiger partial charge < -0.3 is 9.64 Å². The van der Waals surface area contributed by atoms with E-state index in [1.165, 1.54) is 0 Å². The monoisotopic (exact) mass is 359 g/mol. The Labute approximate surface area is 139 Å². The Kier molecular flexibility index (Phi) is 5.78. The molecule has 3 nitrogen and oxygen atoms in total. The third-order valence-electron chi connectivity index (χ3n) is 3.15. The fourth-order valence-electron chi connectivity index (χ4n) is 2.00. The fraction of sp³-hybridized carbons (Fsp3) is 0.167. The van der Waals surface area contributed by atoms with Crippen molar-refractivity contribution in [3.63, 3.8) is 0 Å². The van der Waals surface area contributed by atoms with Crippen LogP contribution in [0, 0.1) is 0 Å². The van der Waals surface area contributed by atoms with Crippen LogP contribution in [0.2, 0.25) is 0 Å². The average molecular weight is 360 g/mol. The molecule has 114 valence electrons. The molecule has 2 aromatic rings. The van der Waals surface area contributed by atoms with Crippen molar-refractivity contribution in [2.45, 2.75) is 6.54 Å². The summed E-state index contributed by atoms with van der Waals surface area (Å²) in [5, 5.41) is 0. The highest BCUT2D eigenvalue weighted by molar-refractivity contribution is 9.10. The van der Waals surface area contributed by atoms with Crippen LogP contribution in [0.25, 0.3) is 0 Å². The maximum absolute atomic E-state index is 12.4. The smallest absolute Gasteiger partial charge is 0.253 e. The van der Waals surface area contributed by atoms with E-state index in [0.717, 1.165) is 15.8 Å². The van der Waals surface area contributed by atoms with Gasteiger partial charge in [-0.15, -0.1) is 0 Å². The molecule has 0 radical (unpaired) electrons. The molecule has 2 rings (SSSR count). The minimum atomic E-state index is -0.0156. The summed E-state index contributed by atoms with van der Waals surface area (Å²) in [7, 11) is 1.80. The van der Waals surface area contributed by atoms with Crippen molar-refractivity contribution in [3.8, 4) is 5.75 Å². The molecule has 0 aliphatic rings. The number of amides is 1. The first-order valence-corrected chi connectivity index (χ1v) is 7.73. The minimum absolute atomic E-state index is 0.0156. The van der Waals surface area contributed by atoms with E-state index in [9.17, 15) is 4.79 Å². The molecule has 0 spiro atoms. The van der Waals surface area contributed by atoms with Gasteiger partial charge in [-0.1, -0.05) is 40.7 Å². The summed E-state index contributed by atoms with van der Waals surface area (Å²) in [6, 6.07) is 15.1. The number of carbonyl (C=O) groups excluding carboxylic acids is 1. The van der Waals surface area contributed by atoms with Crippen molar-refractivity contribution in [1.29, 1.82) is 0 Å². The SMILES string of the molecule is C=CCOc1ccc(C(=O)N(C)Cc2ccc(Br)cc2)cc1. The lowest BCUT2D eigenvalue weighted by molar-refractivity contribution is 0.0785. The third-order valence-corrected chi connectivity index (χ3v) is 3.68. The number of halogens is 1. The Morgan fingerprint density at radius 3 is 2.41 bits per heavy atom. The van der Waals surface area contributed by atoms with Gasteiger partial charge >= 0.3 is 0 Å². The molecule has 0 fully saturated rings. The van der Waals surface area contributed by atoms with Gasteiger partial charge in [0.2, 0.25) is 0 Å². The van der Waals surface area contributed by atoms with Crippen LogP contribution >= 0.6 is 15.9 Å². The molecule has 0 saturated heterocycles. The van der Waals surface area contributed by atoms with Crippen LogP contribution in [-0.4, -0.2) is 24.5 Å². The number of hydrogen-bond donors (Lipinski definition) is 0. The molecular formula is C18H18BrNO2. The molecule has 22 heavy (non-hydrogen) atoms. The average Bonchev–Trinajstić information content (AvgIpc) is 2.55. The van der Waals surface area contributed by atoms with Crippen LogP contribution in [0.1, 0.15) is 15.9 Å². The quantitative estimate of drug-likeness (QED) is 0.720. The second-order valence-electron chi connectivity index (χ2n) is 4.91. The van der Waals surface area contributed by atoms with Gasteiger partial charge in [0, 0.05) is 23.6 Å². The molecule has 0 bridgehead atoms. The maximum Gasteiger partial charge on any atom is 0.253 e. The van der Waals surface area contributed by atoms with Gasteiger partial charge in [-0.05, 0) is 42.0 Å². The van der Waals surface area contributed by atoms with Gasteiger partial charge in [-0.25, -0.2) is 0 Å². The highest BCUT2D eigenvalue weighted by Gasteiger charge is 2.12. The molecule has 0 aliphatic heterocycles. The summed E-state index contributed by atoms with van der Waals surface area (Å²) in [5.41, 5.74) is 1.73. The van der Waals surface area contributed by atoms with Crippen molar-refractivity contribution in [3.05, 3.63) is 76.8 Å². The van der Waals surface area contributed by atoms with E-state index < -0.39 is 0 Å². The summed E-state index contributed by atoms with van der Waals surface area (Å²) in [6.07, 6.45) is 1.69. The van der Waals surface area contributed by atoms with Crippen LogP contribution in [-0.2, 0) is 6.54 Å². The molecule has 0 unspecified atom stereocenters. The van der Waals surface area contributed by atoms with E-state index in [0.29, 0.717) is 18.7 Å². The molecule has 0 atom stereocenters. The summed E-state index contributed by atoms with van der Waals surface area (Å²) < 4.78 is 6.44. The lowest BCUT2D eigenvalue weighted by Gasteiger charge is -2.17. The van der Waals surface area contributed by atoms with Gasteiger partial charge in [0.25, 0.3) is 5.91 Å². The number of carbonyl (C=O) groups is 1. The summed E-state index contributed by atoms with van der Waals surface area (Å²) in [6.45, 7) is 4.63. The zero-order valence-corrected chi connectivity index (χ0v) is 14.0. The molecule has 0 aliphatic carbocycles. The molecule has 2 aromatic carbocycles. The van der Waals surface area contributed by atoms with Crippen LogP contribution in [0.15, 0.2) is 65.7 Å². The predicted octanol–water partition coefficient (Wildman–Crippen LogP) is 4.29. The lowest BCUT2D eigenvalue weighted by atomic mass is 10.1. The Balaban J connectivity index is 2.00. The summed E-state index contributed by atoms with van der Waals surface area (Å²) >= 11 is 3.40. The first kappa shape index (κ1) is 16.3. The second kappa shape index (κ2) is 7.80. The van der Waals surface area contributed by atoms with Crippen molar-refractivity contribution in [1.82, 2.24) is 4.90 Å². The van der Waals surface area contributed by atoms with Crippen molar-refractivity contribution >= 4 is 21.8 Å². The number of benzene rings is 2. The molecule has 0 aromatic heterocycles. The topological polar surface area (TPSA) is 29.5 Å². The summed E-state index contributed by atoms with van der Waals surface area (Å²) in [5.74, 6) is 0.713. The first-order chi connectivity index (χ1) is 10.6. The highest BCUT2D eigenvalue weighted by Crippen LogP contribution is 2.16. The van der Waals surface area contributed by atoms with Crippen molar-refractivity contribution in [2.75, 3.05) is 13.7 Å². The molecule has 0 heterocycles. The van der Waals surface area contributed by atoms with Crippen LogP contribution in [0.3, 0.4) is 0 Å². The van der Waals surface area contributed by atoms with E-state index in [1.54, 1.807) is 42.3 Å². The molecule has 1 amide bonds. The largest absolute Gasteiger partial charge is 0.490 e. The Morgan fingerprint density at radius 2 is 1.82 bits per heavy atom. The number of rotatable bonds is 6. The summed E-state index contributed by atoms with van der Waals surface area (Å²) in [4.78, 5) is 14.1.